The maximum absolute atomic E-state index is 11.8. The predicted molar refractivity (Wildman–Crippen MR) is 77.7 cm³/mol. The van der Waals surface area contributed by atoms with Gasteiger partial charge in [0.25, 0.3) is 0 Å². The van der Waals surface area contributed by atoms with Crippen molar-refractivity contribution in [2.45, 2.75) is 0 Å². The minimum Gasteiger partial charge on any atom is -0.465 e. The van der Waals surface area contributed by atoms with Crippen LogP contribution in [0, 0.1) is 0 Å². The monoisotopic (exact) mass is 283 g/mol. The van der Waals surface area contributed by atoms with E-state index in [9.17, 15) is 9.59 Å². The molecule has 0 fully saturated rings. The van der Waals surface area contributed by atoms with E-state index in [1.807, 2.05) is 24.3 Å². The molecule has 1 aromatic heterocycles. The zero-order valence-electron chi connectivity index (χ0n) is 11.4. The van der Waals surface area contributed by atoms with Crippen LogP contribution in [0.3, 0.4) is 0 Å². The van der Waals surface area contributed by atoms with Crippen molar-refractivity contribution in [3.63, 3.8) is 0 Å². The second-order valence-electron chi connectivity index (χ2n) is 4.55. The number of esters is 1. The molecule has 3 rings (SSSR count). The van der Waals surface area contributed by atoms with Gasteiger partial charge < -0.3 is 15.0 Å². The van der Waals surface area contributed by atoms with Gasteiger partial charge in [-0.3, -0.25) is 4.79 Å². The molecule has 0 atom stereocenters. The number of hydrogen-bond acceptors (Lipinski definition) is 5. The molecule has 0 radical (unpaired) electrons. The summed E-state index contributed by atoms with van der Waals surface area (Å²) in [5.41, 5.74) is 1.96. The van der Waals surface area contributed by atoms with Crippen LogP contribution in [0.4, 0.5) is 17.2 Å². The van der Waals surface area contributed by atoms with E-state index in [1.54, 1.807) is 17.0 Å². The lowest BCUT2D eigenvalue weighted by Gasteiger charge is -2.30. The van der Waals surface area contributed by atoms with Gasteiger partial charge in [0, 0.05) is 6.20 Å². The number of aromatic nitrogens is 1. The molecule has 106 valence electrons. The molecule has 0 bridgehead atoms. The lowest BCUT2D eigenvalue weighted by Crippen LogP contribution is -2.35. The predicted octanol–water partition coefficient (Wildman–Crippen LogP) is 1.96. The maximum Gasteiger partial charge on any atom is 0.338 e. The second-order valence-corrected chi connectivity index (χ2v) is 4.55. The molecule has 2 heterocycles. The Morgan fingerprint density at radius 3 is 2.95 bits per heavy atom. The fourth-order valence-electron chi connectivity index (χ4n) is 2.25. The highest BCUT2D eigenvalue weighted by molar-refractivity contribution is 6.03. The SMILES string of the molecule is COC(=O)c1ccnc(N2CC(=O)Nc3ccccc32)c1. The van der Waals surface area contributed by atoms with E-state index in [0.29, 0.717) is 11.4 Å². The van der Waals surface area contributed by atoms with Crippen LogP contribution in [0.15, 0.2) is 42.6 Å². The number of carbonyl (C=O) groups excluding carboxylic acids is 2. The van der Waals surface area contributed by atoms with Gasteiger partial charge in [-0.05, 0) is 24.3 Å². The number of nitrogens with one attached hydrogen (secondary N) is 1. The van der Waals surface area contributed by atoms with E-state index in [0.717, 1.165) is 11.4 Å². The Bertz CT molecular complexity index is 715. The molecule has 6 nitrogen and oxygen atoms in total. The van der Waals surface area contributed by atoms with Gasteiger partial charge >= 0.3 is 5.97 Å². The Labute approximate surface area is 121 Å². The highest BCUT2D eigenvalue weighted by Gasteiger charge is 2.24. The molecule has 1 amide bonds. The van der Waals surface area contributed by atoms with Gasteiger partial charge in [0.05, 0.1) is 24.0 Å². The van der Waals surface area contributed by atoms with Crippen molar-refractivity contribution in [3.05, 3.63) is 48.2 Å². The van der Waals surface area contributed by atoms with Crippen molar-refractivity contribution in [2.24, 2.45) is 0 Å². The Hall–Kier alpha value is -2.89. The number of methoxy groups -OCH3 is 1. The quantitative estimate of drug-likeness (QED) is 0.853. The minimum absolute atomic E-state index is 0.126. The van der Waals surface area contributed by atoms with Gasteiger partial charge in [-0.1, -0.05) is 12.1 Å². The number of fused-ring (bicyclic) bond motifs is 1. The van der Waals surface area contributed by atoms with Crippen LogP contribution >= 0.6 is 0 Å². The van der Waals surface area contributed by atoms with Gasteiger partial charge in [-0.15, -0.1) is 0 Å². The summed E-state index contributed by atoms with van der Waals surface area (Å²) >= 11 is 0. The van der Waals surface area contributed by atoms with Gasteiger partial charge in [0.2, 0.25) is 5.91 Å². The number of hydrogen-bond donors (Lipinski definition) is 1. The van der Waals surface area contributed by atoms with Crippen LogP contribution in [0.1, 0.15) is 10.4 Å². The lowest BCUT2D eigenvalue weighted by atomic mass is 10.1. The number of amides is 1. The molecule has 0 saturated carbocycles. The maximum atomic E-state index is 11.8. The summed E-state index contributed by atoms with van der Waals surface area (Å²) in [6.07, 6.45) is 1.52. The van der Waals surface area contributed by atoms with Crippen LogP contribution in [0.25, 0.3) is 0 Å². The van der Waals surface area contributed by atoms with Crippen molar-refractivity contribution >= 4 is 29.1 Å². The average molecular weight is 283 g/mol. The first kappa shape index (κ1) is 13.1. The number of para-hydroxylation sites is 2. The summed E-state index contributed by atoms with van der Waals surface area (Å²) in [6, 6.07) is 10.6. The number of benzene rings is 1. The second kappa shape index (κ2) is 5.24. The smallest absolute Gasteiger partial charge is 0.338 e. The van der Waals surface area contributed by atoms with E-state index in [2.05, 4.69) is 10.3 Å². The topological polar surface area (TPSA) is 71.5 Å². The largest absolute Gasteiger partial charge is 0.465 e. The third-order valence-electron chi connectivity index (χ3n) is 3.21. The molecule has 1 aliphatic heterocycles. The molecule has 2 aromatic rings. The lowest BCUT2D eigenvalue weighted by molar-refractivity contribution is -0.115. The Balaban J connectivity index is 2.04. The molecule has 1 aliphatic rings. The Morgan fingerprint density at radius 2 is 2.14 bits per heavy atom. The molecule has 0 spiro atoms. The van der Waals surface area contributed by atoms with Crippen molar-refractivity contribution in [2.75, 3.05) is 23.9 Å². The van der Waals surface area contributed by atoms with Crippen molar-refractivity contribution in [3.8, 4) is 0 Å². The van der Waals surface area contributed by atoms with Crippen molar-refractivity contribution in [1.82, 2.24) is 4.98 Å². The number of ether oxygens (including phenoxy) is 1. The molecule has 1 N–H and O–H groups in total. The summed E-state index contributed by atoms with van der Waals surface area (Å²) in [7, 11) is 1.33. The standard InChI is InChI=1S/C15H13N3O3/c1-21-15(20)10-6-7-16-13(8-10)18-9-14(19)17-11-4-2-3-5-12(11)18/h2-8H,9H2,1H3,(H,17,19). The average Bonchev–Trinajstić information content (AvgIpc) is 2.53. The van der Waals surface area contributed by atoms with Crippen LogP contribution < -0.4 is 10.2 Å². The van der Waals surface area contributed by atoms with Gasteiger partial charge in [-0.2, -0.15) is 0 Å². The highest BCUT2D eigenvalue weighted by Crippen LogP contribution is 2.33. The molecule has 0 aliphatic carbocycles. The fourth-order valence-corrected chi connectivity index (χ4v) is 2.25. The summed E-state index contributed by atoms with van der Waals surface area (Å²) in [5, 5.41) is 2.81. The Kier molecular flexibility index (Phi) is 3.27. The third-order valence-corrected chi connectivity index (χ3v) is 3.21. The molecule has 6 heteroatoms. The molecule has 1 aromatic carbocycles. The summed E-state index contributed by atoms with van der Waals surface area (Å²) in [5.74, 6) is -0.0347. The van der Waals surface area contributed by atoms with Gasteiger partial charge in [0.15, 0.2) is 0 Å². The third kappa shape index (κ3) is 2.43. The highest BCUT2D eigenvalue weighted by atomic mass is 16.5. The molecular formula is C15H13N3O3. The first-order chi connectivity index (χ1) is 10.2. The van der Waals surface area contributed by atoms with Crippen LogP contribution in [-0.2, 0) is 9.53 Å². The van der Waals surface area contributed by atoms with Crippen molar-refractivity contribution in [1.29, 1.82) is 0 Å². The first-order valence-corrected chi connectivity index (χ1v) is 6.40. The van der Waals surface area contributed by atoms with Gasteiger partial charge in [-0.25, -0.2) is 9.78 Å². The van der Waals surface area contributed by atoms with Crippen LogP contribution in [0.2, 0.25) is 0 Å². The number of pyridine rings is 1. The van der Waals surface area contributed by atoms with E-state index < -0.39 is 5.97 Å². The summed E-state index contributed by atoms with van der Waals surface area (Å²) < 4.78 is 4.70. The van der Waals surface area contributed by atoms with E-state index in [1.165, 1.54) is 13.3 Å². The zero-order chi connectivity index (χ0) is 14.8. The first-order valence-electron chi connectivity index (χ1n) is 6.40. The Morgan fingerprint density at radius 1 is 1.33 bits per heavy atom. The number of rotatable bonds is 2. The fraction of sp³-hybridized carbons (Fsp3) is 0.133. The van der Waals surface area contributed by atoms with E-state index in [4.69, 9.17) is 4.74 Å². The minimum atomic E-state index is -0.437. The van der Waals surface area contributed by atoms with Crippen molar-refractivity contribution < 1.29 is 14.3 Å². The summed E-state index contributed by atoms with van der Waals surface area (Å²) in [6.45, 7) is 0.147. The normalized spacial score (nSPS) is 13.4. The number of nitrogens with zero attached hydrogens (tertiary/aromatic N) is 2. The van der Waals surface area contributed by atoms with Gasteiger partial charge in [0.1, 0.15) is 12.4 Å². The van der Waals surface area contributed by atoms with E-state index in [-0.39, 0.29) is 12.5 Å². The summed E-state index contributed by atoms with van der Waals surface area (Å²) in [4.78, 5) is 29.4. The molecule has 0 unspecified atom stereocenters. The molecule has 0 saturated heterocycles. The molecular weight excluding hydrogens is 270 g/mol. The van der Waals surface area contributed by atoms with Crippen LogP contribution in [-0.4, -0.2) is 30.5 Å². The number of anilines is 3. The zero-order valence-corrected chi connectivity index (χ0v) is 11.4. The molecule has 21 heavy (non-hydrogen) atoms. The number of carbonyl (C=O) groups is 2. The van der Waals surface area contributed by atoms with Crippen LogP contribution in [0.5, 0.6) is 0 Å². The van der Waals surface area contributed by atoms with E-state index >= 15 is 0 Å².